The average molecular weight is 207 g/mol. The molecule has 0 saturated heterocycles. The minimum atomic E-state index is 0.533. The second-order valence-electron chi connectivity index (χ2n) is 3.49. The molecule has 0 spiro atoms. The van der Waals surface area contributed by atoms with Gasteiger partial charge < -0.3 is 9.47 Å². The Bertz CT molecular complexity index is 313. The van der Waals surface area contributed by atoms with Gasteiger partial charge in [-0.05, 0) is 25.5 Å². The van der Waals surface area contributed by atoms with Crippen LogP contribution in [0.5, 0.6) is 5.88 Å². The fourth-order valence-corrected chi connectivity index (χ4v) is 1.13. The van der Waals surface area contributed by atoms with E-state index in [1.807, 2.05) is 12.1 Å². The predicted molar refractivity (Wildman–Crippen MR) is 60.9 cm³/mol. The fourth-order valence-electron chi connectivity index (χ4n) is 1.13. The Morgan fingerprint density at radius 3 is 2.67 bits per heavy atom. The number of aromatic nitrogens is 1. The molecule has 0 radical (unpaired) electrons. The van der Waals surface area contributed by atoms with Crippen LogP contribution in [0.4, 0.5) is 0 Å². The molecule has 1 rings (SSSR count). The van der Waals surface area contributed by atoms with Crippen LogP contribution in [0.1, 0.15) is 19.4 Å². The van der Waals surface area contributed by atoms with Gasteiger partial charge in [0, 0.05) is 19.4 Å². The van der Waals surface area contributed by atoms with Gasteiger partial charge in [0.1, 0.15) is 6.61 Å². The summed E-state index contributed by atoms with van der Waals surface area (Å²) in [6, 6.07) is 3.85. The lowest BCUT2D eigenvalue weighted by atomic mass is 10.2. The molecule has 3 heteroatoms. The van der Waals surface area contributed by atoms with Crippen LogP contribution in [0.25, 0.3) is 6.08 Å². The molecule has 0 bridgehead atoms. The third kappa shape index (κ3) is 4.61. The van der Waals surface area contributed by atoms with Crippen molar-refractivity contribution in [1.82, 2.24) is 4.98 Å². The van der Waals surface area contributed by atoms with Gasteiger partial charge in [-0.1, -0.05) is 11.6 Å². The molecule has 82 valence electrons. The smallest absolute Gasteiger partial charge is 0.213 e. The molecule has 0 atom stereocenters. The van der Waals surface area contributed by atoms with Gasteiger partial charge in [-0.25, -0.2) is 4.98 Å². The summed E-state index contributed by atoms with van der Waals surface area (Å²) in [4.78, 5) is 4.18. The lowest BCUT2D eigenvalue weighted by Crippen LogP contribution is -2.05. The molecule has 0 fully saturated rings. The van der Waals surface area contributed by atoms with Crippen molar-refractivity contribution < 1.29 is 9.47 Å². The van der Waals surface area contributed by atoms with E-state index in [1.54, 1.807) is 13.3 Å². The highest BCUT2D eigenvalue weighted by molar-refractivity contribution is 5.50. The molecule has 0 saturated carbocycles. The highest BCUT2D eigenvalue weighted by atomic mass is 16.5. The first kappa shape index (κ1) is 11.7. The third-order valence-corrected chi connectivity index (χ3v) is 1.75. The summed E-state index contributed by atoms with van der Waals surface area (Å²) >= 11 is 0. The Labute approximate surface area is 90.7 Å². The number of pyridine rings is 1. The second-order valence-corrected chi connectivity index (χ2v) is 3.49. The summed E-state index contributed by atoms with van der Waals surface area (Å²) in [6.45, 7) is 5.23. The van der Waals surface area contributed by atoms with E-state index in [1.165, 1.54) is 5.57 Å². The maximum absolute atomic E-state index is 5.35. The highest BCUT2D eigenvalue weighted by Gasteiger charge is 1.94. The molecule has 0 aliphatic carbocycles. The summed E-state index contributed by atoms with van der Waals surface area (Å²) in [5.41, 5.74) is 2.35. The largest absolute Gasteiger partial charge is 0.475 e. The van der Waals surface area contributed by atoms with Crippen LogP contribution in [0, 0.1) is 0 Å². The number of hydrogen-bond donors (Lipinski definition) is 0. The molecule has 0 unspecified atom stereocenters. The molecular weight excluding hydrogens is 190 g/mol. The normalized spacial score (nSPS) is 9.80. The van der Waals surface area contributed by atoms with Crippen molar-refractivity contribution >= 4 is 6.08 Å². The number of allylic oxidation sites excluding steroid dienone is 1. The van der Waals surface area contributed by atoms with Gasteiger partial charge in [0.25, 0.3) is 0 Å². The summed E-state index contributed by atoms with van der Waals surface area (Å²) < 4.78 is 10.2. The Morgan fingerprint density at radius 1 is 1.33 bits per heavy atom. The topological polar surface area (TPSA) is 31.4 Å². The summed E-state index contributed by atoms with van der Waals surface area (Å²) in [6.07, 6.45) is 3.88. The molecule has 15 heavy (non-hydrogen) atoms. The molecule has 0 aromatic carbocycles. The van der Waals surface area contributed by atoms with Gasteiger partial charge >= 0.3 is 0 Å². The van der Waals surface area contributed by atoms with E-state index in [-0.39, 0.29) is 0 Å². The van der Waals surface area contributed by atoms with Crippen LogP contribution < -0.4 is 4.74 Å². The Morgan fingerprint density at radius 2 is 2.13 bits per heavy atom. The van der Waals surface area contributed by atoms with Crippen LogP contribution in [0.2, 0.25) is 0 Å². The minimum absolute atomic E-state index is 0.533. The monoisotopic (exact) mass is 207 g/mol. The van der Waals surface area contributed by atoms with E-state index in [2.05, 4.69) is 24.9 Å². The number of nitrogens with zero attached hydrogens (tertiary/aromatic N) is 1. The van der Waals surface area contributed by atoms with E-state index in [4.69, 9.17) is 9.47 Å². The lowest BCUT2D eigenvalue weighted by Gasteiger charge is -2.04. The number of rotatable bonds is 5. The molecule has 3 nitrogen and oxygen atoms in total. The van der Waals surface area contributed by atoms with E-state index in [9.17, 15) is 0 Å². The first-order chi connectivity index (χ1) is 7.22. The van der Waals surface area contributed by atoms with Crippen molar-refractivity contribution in [3.63, 3.8) is 0 Å². The Hall–Kier alpha value is -1.35. The zero-order valence-electron chi connectivity index (χ0n) is 9.49. The average Bonchev–Trinajstić information content (AvgIpc) is 2.20. The van der Waals surface area contributed by atoms with Crippen LogP contribution >= 0.6 is 0 Å². The van der Waals surface area contributed by atoms with Crippen molar-refractivity contribution in [2.45, 2.75) is 13.8 Å². The molecule has 1 heterocycles. The van der Waals surface area contributed by atoms with Crippen LogP contribution in [0.3, 0.4) is 0 Å². The van der Waals surface area contributed by atoms with Crippen LogP contribution in [-0.4, -0.2) is 25.3 Å². The summed E-state index contributed by atoms with van der Waals surface area (Å²) in [5.74, 6) is 0.637. The SMILES string of the molecule is COCCOc1ccc(C=C(C)C)cn1. The van der Waals surface area contributed by atoms with Crippen molar-refractivity contribution in [3.05, 3.63) is 29.5 Å². The molecule has 0 aliphatic heterocycles. The van der Waals surface area contributed by atoms with Crippen LogP contribution in [0.15, 0.2) is 23.9 Å². The standard InChI is InChI=1S/C12H17NO2/c1-10(2)8-11-4-5-12(13-9-11)15-7-6-14-3/h4-5,8-9H,6-7H2,1-3H3. The fraction of sp³-hybridized carbons (Fsp3) is 0.417. The molecule has 0 amide bonds. The lowest BCUT2D eigenvalue weighted by molar-refractivity contribution is 0.144. The zero-order chi connectivity index (χ0) is 11.1. The number of hydrogen-bond acceptors (Lipinski definition) is 3. The summed E-state index contributed by atoms with van der Waals surface area (Å²) in [5, 5.41) is 0. The predicted octanol–water partition coefficient (Wildman–Crippen LogP) is 2.53. The number of ether oxygens (including phenoxy) is 2. The maximum atomic E-state index is 5.35. The highest BCUT2D eigenvalue weighted by Crippen LogP contribution is 2.10. The first-order valence-electron chi connectivity index (χ1n) is 4.95. The molecule has 1 aromatic heterocycles. The summed E-state index contributed by atoms with van der Waals surface area (Å²) in [7, 11) is 1.65. The van der Waals surface area contributed by atoms with Crippen molar-refractivity contribution in [3.8, 4) is 5.88 Å². The van der Waals surface area contributed by atoms with Crippen molar-refractivity contribution in [1.29, 1.82) is 0 Å². The van der Waals surface area contributed by atoms with Gasteiger partial charge in [0.05, 0.1) is 6.61 Å². The zero-order valence-corrected chi connectivity index (χ0v) is 9.49. The Kier molecular flexibility index (Phi) is 4.84. The van der Waals surface area contributed by atoms with Gasteiger partial charge in [0.15, 0.2) is 0 Å². The minimum Gasteiger partial charge on any atom is -0.475 e. The quantitative estimate of drug-likeness (QED) is 0.695. The number of methoxy groups -OCH3 is 1. The van der Waals surface area contributed by atoms with Gasteiger partial charge in [0.2, 0.25) is 5.88 Å². The van der Waals surface area contributed by atoms with E-state index < -0.39 is 0 Å². The van der Waals surface area contributed by atoms with Crippen molar-refractivity contribution in [2.24, 2.45) is 0 Å². The molecular formula is C12H17NO2. The van der Waals surface area contributed by atoms with Gasteiger partial charge in [-0.3, -0.25) is 0 Å². The van der Waals surface area contributed by atoms with E-state index in [0.29, 0.717) is 19.1 Å². The molecule has 0 aliphatic rings. The van der Waals surface area contributed by atoms with E-state index in [0.717, 1.165) is 5.56 Å². The third-order valence-electron chi connectivity index (χ3n) is 1.75. The van der Waals surface area contributed by atoms with Gasteiger partial charge in [-0.15, -0.1) is 0 Å². The Balaban J connectivity index is 2.53. The molecule has 0 N–H and O–H groups in total. The van der Waals surface area contributed by atoms with E-state index >= 15 is 0 Å². The first-order valence-corrected chi connectivity index (χ1v) is 4.95. The maximum Gasteiger partial charge on any atom is 0.213 e. The van der Waals surface area contributed by atoms with Gasteiger partial charge in [-0.2, -0.15) is 0 Å². The second kappa shape index (κ2) is 6.19. The molecule has 1 aromatic rings. The van der Waals surface area contributed by atoms with Crippen LogP contribution in [-0.2, 0) is 4.74 Å². The van der Waals surface area contributed by atoms with Crippen molar-refractivity contribution in [2.75, 3.05) is 20.3 Å².